The van der Waals surface area contributed by atoms with Gasteiger partial charge in [0.2, 0.25) is 0 Å². The Morgan fingerprint density at radius 1 is 1.19 bits per heavy atom. The van der Waals surface area contributed by atoms with Gasteiger partial charge in [0.05, 0.1) is 5.69 Å². The van der Waals surface area contributed by atoms with E-state index in [9.17, 15) is 13.2 Å². The number of hydrogen-bond acceptors (Lipinski definition) is 4. The van der Waals surface area contributed by atoms with Crippen molar-refractivity contribution in [2.24, 2.45) is 0 Å². The van der Waals surface area contributed by atoms with Crippen LogP contribution in [0.2, 0.25) is 0 Å². The van der Waals surface area contributed by atoms with Crippen molar-refractivity contribution in [2.75, 3.05) is 24.5 Å². The molecule has 1 N–H and O–H groups in total. The van der Waals surface area contributed by atoms with Crippen LogP contribution >= 0.6 is 11.3 Å². The summed E-state index contributed by atoms with van der Waals surface area (Å²) in [6.07, 6.45) is -1.78. The normalized spacial score (nSPS) is 11.9. The highest BCUT2D eigenvalue weighted by Gasteiger charge is 2.32. The quantitative estimate of drug-likeness (QED) is 0.745. The standard InChI is InChI=1S/C14H24F3N3S/c1-4-7-11-12(9-18-6-3)21-13(19-11)20(8-5-2)10-14(15,16)17/h18H,4-10H2,1-3H3. The monoisotopic (exact) mass is 323 g/mol. The first-order valence-corrected chi connectivity index (χ1v) is 8.23. The molecule has 0 aliphatic heterocycles. The number of nitrogens with one attached hydrogen (secondary N) is 1. The molecule has 21 heavy (non-hydrogen) atoms. The lowest BCUT2D eigenvalue weighted by atomic mass is 10.2. The number of aromatic nitrogens is 1. The minimum absolute atomic E-state index is 0.374. The molecule has 0 bridgehead atoms. The van der Waals surface area contributed by atoms with Gasteiger partial charge in [-0.2, -0.15) is 13.2 Å². The van der Waals surface area contributed by atoms with Crippen molar-refractivity contribution in [2.45, 2.75) is 52.8 Å². The molecule has 1 aromatic rings. The van der Waals surface area contributed by atoms with E-state index in [0.717, 1.165) is 30.0 Å². The highest BCUT2D eigenvalue weighted by atomic mass is 32.1. The fourth-order valence-corrected chi connectivity index (χ4v) is 3.14. The second kappa shape index (κ2) is 8.58. The Morgan fingerprint density at radius 2 is 1.90 bits per heavy atom. The molecule has 1 aromatic heterocycles. The first-order valence-electron chi connectivity index (χ1n) is 7.42. The number of hydrogen-bond donors (Lipinski definition) is 1. The smallest absolute Gasteiger partial charge is 0.339 e. The maximum Gasteiger partial charge on any atom is 0.406 e. The summed E-state index contributed by atoms with van der Waals surface area (Å²) in [7, 11) is 0. The van der Waals surface area contributed by atoms with E-state index in [0.29, 0.717) is 24.6 Å². The number of aryl methyl sites for hydroxylation is 1. The van der Waals surface area contributed by atoms with Crippen molar-refractivity contribution in [3.8, 4) is 0 Å². The van der Waals surface area contributed by atoms with E-state index in [1.54, 1.807) is 0 Å². The average Bonchev–Trinajstić information content (AvgIpc) is 2.78. The van der Waals surface area contributed by atoms with Gasteiger partial charge in [0.1, 0.15) is 6.54 Å². The Labute approximate surface area is 128 Å². The highest BCUT2D eigenvalue weighted by Crippen LogP contribution is 2.30. The van der Waals surface area contributed by atoms with E-state index in [2.05, 4.69) is 17.2 Å². The van der Waals surface area contributed by atoms with Crippen LogP contribution in [0.15, 0.2) is 0 Å². The van der Waals surface area contributed by atoms with Crippen molar-refractivity contribution in [1.29, 1.82) is 0 Å². The largest absolute Gasteiger partial charge is 0.406 e. The third-order valence-electron chi connectivity index (χ3n) is 2.92. The first-order chi connectivity index (χ1) is 9.91. The van der Waals surface area contributed by atoms with E-state index >= 15 is 0 Å². The average molecular weight is 323 g/mol. The van der Waals surface area contributed by atoms with Crippen LogP contribution in [-0.2, 0) is 13.0 Å². The van der Waals surface area contributed by atoms with Crippen molar-refractivity contribution >= 4 is 16.5 Å². The van der Waals surface area contributed by atoms with E-state index < -0.39 is 12.7 Å². The fraction of sp³-hybridized carbons (Fsp3) is 0.786. The molecule has 122 valence electrons. The molecule has 0 saturated heterocycles. The molecule has 0 radical (unpaired) electrons. The van der Waals surface area contributed by atoms with Gasteiger partial charge in [-0.25, -0.2) is 4.98 Å². The van der Waals surface area contributed by atoms with Gasteiger partial charge in [-0.3, -0.25) is 0 Å². The zero-order chi connectivity index (χ0) is 15.9. The predicted octanol–water partition coefficient (Wildman–Crippen LogP) is 3.98. The fourth-order valence-electron chi connectivity index (χ4n) is 2.04. The zero-order valence-corrected chi connectivity index (χ0v) is 13.7. The van der Waals surface area contributed by atoms with Crippen molar-refractivity contribution < 1.29 is 13.2 Å². The molecule has 3 nitrogen and oxygen atoms in total. The topological polar surface area (TPSA) is 28.2 Å². The molecule has 0 spiro atoms. The predicted molar refractivity (Wildman–Crippen MR) is 82.0 cm³/mol. The summed E-state index contributed by atoms with van der Waals surface area (Å²) in [6.45, 7) is 6.89. The first kappa shape index (κ1) is 18.2. The number of thiazole rings is 1. The van der Waals surface area contributed by atoms with Gasteiger partial charge in [0.25, 0.3) is 0 Å². The minimum atomic E-state index is -4.20. The van der Waals surface area contributed by atoms with E-state index in [4.69, 9.17) is 0 Å². The van der Waals surface area contributed by atoms with Crippen LogP contribution in [0.5, 0.6) is 0 Å². The summed E-state index contributed by atoms with van der Waals surface area (Å²) in [5.74, 6) is 0. The van der Waals surface area contributed by atoms with Crippen molar-refractivity contribution in [3.05, 3.63) is 10.6 Å². The molecule has 0 atom stereocenters. The third-order valence-corrected chi connectivity index (χ3v) is 4.08. The number of alkyl halides is 3. The number of halogens is 3. The van der Waals surface area contributed by atoms with Gasteiger partial charge in [-0.15, -0.1) is 11.3 Å². The van der Waals surface area contributed by atoms with Crippen molar-refractivity contribution in [1.82, 2.24) is 10.3 Å². The van der Waals surface area contributed by atoms with Crippen LogP contribution in [-0.4, -0.2) is 30.8 Å². The molecular weight excluding hydrogens is 299 g/mol. The molecule has 1 heterocycles. The Balaban J connectivity index is 2.95. The highest BCUT2D eigenvalue weighted by molar-refractivity contribution is 7.15. The van der Waals surface area contributed by atoms with Crippen LogP contribution < -0.4 is 10.2 Å². The summed E-state index contributed by atoms with van der Waals surface area (Å²) >= 11 is 1.38. The summed E-state index contributed by atoms with van der Waals surface area (Å²) in [5.41, 5.74) is 0.932. The van der Waals surface area contributed by atoms with E-state index in [1.165, 1.54) is 16.2 Å². The molecule has 0 aliphatic rings. The zero-order valence-electron chi connectivity index (χ0n) is 12.9. The second-order valence-electron chi connectivity index (χ2n) is 4.93. The second-order valence-corrected chi connectivity index (χ2v) is 6.00. The lowest BCUT2D eigenvalue weighted by Crippen LogP contribution is -2.34. The lowest BCUT2D eigenvalue weighted by molar-refractivity contribution is -0.119. The van der Waals surface area contributed by atoms with Crippen LogP contribution in [0.1, 0.15) is 44.2 Å². The van der Waals surface area contributed by atoms with Gasteiger partial charge in [0.15, 0.2) is 5.13 Å². The third kappa shape index (κ3) is 6.22. The maximum absolute atomic E-state index is 12.7. The van der Waals surface area contributed by atoms with Crippen LogP contribution in [0.4, 0.5) is 18.3 Å². The van der Waals surface area contributed by atoms with Gasteiger partial charge in [-0.05, 0) is 19.4 Å². The summed E-state index contributed by atoms with van der Waals surface area (Å²) in [4.78, 5) is 6.86. The summed E-state index contributed by atoms with van der Waals surface area (Å²) < 4.78 is 38.1. The Morgan fingerprint density at radius 3 is 2.43 bits per heavy atom. The van der Waals surface area contributed by atoms with Gasteiger partial charge in [0, 0.05) is 18.0 Å². The van der Waals surface area contributed by atoms with Crippen LogP contribution in [0.3, 0.4) is 0 Å². The van der Waals surface area contributed by atoms with Crippen LogP contribution in [0.25, 0.3) is 0 Å². The maximum atomic E-state index is 12.7. The summed E-state index contributed by atoms with van der Waals surface area (Å²) in [6, 6.07) is 0. The minimum Gasteiger partial charge on any atom is -0.339 e. The Bertz CT molecular complexity index is 418. The molecular formula is C14H24F3N3S. The van der Waals surface area contributed by atoms with E-state index in [1.807, 2.05) is 13.8 Å². The molecule has 0 saturated carbocycles. The molecule has 7 heteroatoms. The van der Waals surface area contributed by atoms with Crippen LogP contribution in [0, 0.1) is 0 Å². The van der Waals surface area contributed by atoms with Gasteiger partial charge >= 0.3 is 6.18 Å². The molecule has 0 fully saturated rings. The molecule has 1 rings (SSSR count). The molecule has 0 amide bonds. The number of nitrogens with zero attached hydrogens (tertiary/aromatic N) is 2. The Hall–Kier alpha value is -0.820. The Kier molecular flexibility index (Phi) is 7.45. The molecule has 0 aliphatic carbocycles. The molecule has 0 unspecified atom stereocenters. The number of rotatable bonds is 9. The molecule has 0 aromatic carbocycles. The lowest BCUT2D eigenvalue weighted by Gasteiger charge is -2.22. The van der Waals surface area contributed by atoms with Crippen molar-refractivity contribution in [3.63, 3.8) is 0 Å². The van der Waals surface area contributed by atoms with E-state index in [-0.39, 0.29) is 0 Å². The SMILES string of the molecule is CCCc1nc(N(CCC)CC(F)(F)F)sc1CNCC. The van der Waals surface area contributed by atoms with Gasteiger partial charge < -0.3 is 10.2 Å². The summed E-state index contributed by atoms with van der Waals surface area (Å²) in [5, 5.41) is 3.72. The van der Waals surface area contributed by atoms with Gasteiger partial charge in [-0.1, -0.05) is 27.2 Å². The number of anilines is 1.